The molecular weight excluding hydrogens is 259 g/mol. The van der Waals surface area contributed by atoms with Gasteiger partial charge in [0.15, 0.2) is 0 Å². The molecule has 4 nitrogen and oxygen atoms in total. The second-order valence-corrected chi connectivity index (χ2v) is 5.74. The Kier molecular flexibility index (Phi) is 3.38. The van der Waals surface area contributed by atoms with Crippen LogP contribution in [0.25, 0.3) is 0 Å². The summed E-state index contributed by atoms with van der Waals surface area (Å²) in [6, 6.07) is 9.02. The van der Waals surface area contributed by atoms with Gasteiger partial charge in [-0.25, -0.2) is 9.18 Å². The van der Waals surface area contributed by atoms with Gasteiger partial charge in [0.05, 0.1) is 6.04 Å². The fourth-order valence-electron chi connectivity index (χ4n) is 3.19. The lowest BCUT2D eigenvalue weighted by Gasteiger charge is -2.20. The molecule has 1 aromatic rings. The minimum atomic E-state index is -1.30. The molecule has 1 saturated heterocycles. The van der Waals surface area contributed by atoms with E-state index < -0.39 is 17.8 Å². The van der Waals surface area contributed by atoms with Crippen molar-refractivity contribution >= 4 is 6.09 Å². The van der Waals surface area contributed by atoms with Gasteiger partial charge < -0.3 is 15.4 Å². The summed E-state index contributed by atoms with van der Waals surface area (Å²) < 4.78 is 19.6. The molecule has 4 atom stereocenters. The number of carbonyl (C=O) groups is 1. The molecule has 5 heteroatoms. The van der Waals surface area contributed by atoms with Crippen molar-refractivity contribution in [2.45, 2.75) is 25.2 Å². The average Bonchev–Trinajstić information content (AvgIpc) is 3.04. The summed E-state index contributed by atoms with van der Waals surface area (Å²) >= 11 is 0. The lowest BCUT2D eigenvalue weighted by Crippen LogP contribution is -2.39. The molecule has 0 bridgehead atoms. The molecule has 0 spiro atoms. The molecule has 1 aromatic carbocycles. The van der Waals surface area contributed by atoms with E-state index in [1.807, 2.05) is 37.3 Å². The Morgan fingerprint density at radius 3 is 2.95 bits per heavy atom. The number of hydrogen-bond acceptors (Lipinski definition) is 3. The van der Waals surface area contributed by atoms with Crippen LogP contribution in [0.4, 0.5) is 9.18 Å². The van der Waals surface area contributed by atoms with E-state index in [0.717, 1.165) is 12.1 Å². The summed E-state index contributed by atoms with van der Waals surface area (Å²) in [5.74, 6) is 0.140. The van der Waals surface area contributed by atoms with Crippen molar-refractivity contribution in [3.05, 3.63) is 35.9 Å². The second-order valence-electron chi connectivity index (χ2n) is 5.74. The Morgan fingerprint density at radius 1 is 1.50 bits per heavy atom. The van der Waals surface area contributed by atoms with Gasteiger partial charge in [-0.2, -0.15) is 0 Å². The van der Waals surface area contributed by atoms with Crippen LogP contribution >= 0.6 is 0 Å². The monoisotopic (exact) mass is 278 g/mol. The highest BCUT2D eigenvalue weighted by Crippen LogP contribution is 2.53. The second kappa shape index (κ2) is 5.05. The maximum Gasteiger partial charge on any atom is 0.407 e. The topological polar surface area (TPSA) is 50.4 Å². The number of alkyl carbamates (subject to hydrolysis) is 1. The Balaban J connectivity index is 1.51. The molecule has 20 heavy (non-hydrogen) atoms. The van der Waals surface area contributed by atoms with Crippen molar-refractivity contribution in [3.8, 4) is 0 Å². The van der Waals surface area contributed by atoms with Gasteiger partial charge in [-0.05, 0) is 18.0 Å². The molecule has 0 aromatic heterocycles. The fraction of sp³-hybridized carbons (Fsp3) is 0.533. The van der Waals surface area contributed by atoms with Gasteiger partial charge in [-0.1, -0.05) is 37.3 Å². The smallest absolute Gasteiger partial charge is 0.407 e. The number of alkyl halides is 1. The zero-order valence-electron chi connectivity index (χ0n) is 11.4. The SMILES string of the molecule is C[C@@H]1CNC[C@]2(F)C1[C@@H]2NC(=O)OCc1ccccc1. The van der Waals surface area contributed by atoms with Crippen LogP contribution in [0.15, 0.2) is 30.3 Å². The van der Waals surface area contributed by atoms with Crippen molar-refractivity contribution in [1.82, 2.24) is 10.6 Å². The zero-order valence-corrected chi connectivity index (χ0v) is 11.4. The number of nitrogens with one attached hydrogen (secondary N) is 2. The number of carbonyl (C=O) groups excluding carboxylic acids is 1. The highest BCUT2D eigenvalue weighted by molar-refractivity contribution is 5.69. The van der Waals surface area contributed by atoms with Gasteiger partial charge in [0, 0.05) is 12.5 Å². The quantitative estimate of drug-likeness (QED) is 0.887. The highest BCUT2D eigenvalue weighted by Gasteiger charge is 2.70. The number of hydrogen-bond donors (Lipinski definition) is 2. The number of amides is 1. The zero-order chi connectivity index (χ0) is 14.2. The summed E-state index contributed by atoms with van der Waals surface area (Å²) in [4.78, 5) is 11.7. The van der Waals surface area contributed by atoms with E-state index in [0.29, 0.717) is 6.54 Å². The van der Waals surface area contributed by atoms with Crippen LogP contribution in [0.5, 0.6) is 0 Å². The van der Waals surface area contributed by atoms with Crippen molar-refractivity contribution in [2.75, 3.05) is 13.1 Å². The lowest BCUT2D eigenvalue weighted by molar-refractivity contribution is 0.136. The van der Waals surface area contributed by atoms with Gasteiger partial charge in [0.25, 0.3) is 0 Å². The van der Waals surface area contributed by atoms with Gasteiger partial charge in [-0.15, -0.1) is 0 Å². The number of halogens is 1. The third-order valence-electron chi connectivity index (χ3n) is 4.28. The van der Waals surface area contributed by atoms with E-state index in [1.54, 1.807) is 0 Å². The van der Waals surface area contributed by atoms with Crippen LogP contribution in [0.2, 0.25) is 0 Å². The average molecular weight is 278 g/mol. The Labute approximate surface area is 117 Å². The third kappa shape index (κ3) is 2.38. The van der Waals surface area contributed by atoms with Crippen LogP contribution in [-0.2, 0) is 11.3 Å². The fourth-order valence-corrected chi connectivity index (χ4v) is 3.19. The molecule has 2 aliphatic rings. The maximum absolute atomic E-state index is 14.5. The number of rotatable bonds is 3. The summed E-state index contributed by atoms with van der Waals surface area (Å²) in [5.41, 5.74) is -0.385. The van der Waals surface area contributed by atoms with Gasteiger partial charge in [0.2, 0.25) is 0 Å². The summed E-state index contributed by atoms with van der Waals surface area (Å²) in [7, 11) is 0. The maximum atomic E-state index is 14.5. The van der Waals surface area contributed by atoms with Gasteiger partial charge >= 0.3 is 6.09 Å². The molecule has 0 radical (unpaired) electrons. The van der Waals surface area contributed by atoms with Crippen LogP contribution < -0.4 is 10.6 Å². The Bertz CT molecular complexity index is 496. The van der Waals surface area contributed by atoms with Gasteiger partial charge in [-0.3, -0.25) is 0 Å². The standard InChI is InChI=1S/C15H19FN2O2/c1-10-7-17-9-15(16)12(10)13(15)18-14(19)20-8-11-5-3-2-4-6-11/h2-6,10,12-13,17H,7-9H2,1H3,(H,18,19)/t10-,12?,13+,15+/m1/s1. The molecule has 1 unspecified atom stereocenters. The number of ether oxygens (including phenoxy) is 1. The first-order valence-electron chi connectivity index (χ1n) is 6.98. The molecule has 1 aliphatic carbocycles. The molecule has 108 valence electrons. The van der Waals surface area contributed by atoms with E-state index in [1.165, 1.54) is 0 Å². The Morgan fingerprint density at radius 2 is 2.25 bits per heavy atom. The van der Waals surface area contributed by atoms with E-state index in [-0.39, 0.29) is 18.4 Å². The summed E-state index contributed by atoms with van der Waals surface area (Å²) in [6.45, 7) is 3.32. The van der Waals surface area contributed by atoms with Gasteiger partial charge in [0.1, 0.15) is 12.3 Å². The molecule has 1 saturated carbocycles. The summed E-state index contributed by atoms with van der Waals surface area (Å²) in [5, 5.41) is 5.72. The Hall–Kier alpha value is -1.62. The van der Waals surface area contributed by atoms with E-state index in [4.69, 9.17) is 4.74 Å². The number of fused-ring (bicyclic) bond motifs is 1. The first-order valence-corrected chi connectivity index (χ1v) is 6.98. The molecule has 2 N–H and O–H groups in total. The third-order valence-corrected chi connectivity index (χ3v) is 4.28. The largest absolute Gasteiger partial charge is 0.445 e. The van der Waals surface area contributed by atoms with Crippen molar-refractivity contribution in [3.63, 3.8) is 0 Å². The predicted molar refractivity (Wildman–Crippen MR) is 72.9 cm³/mol. The highest BCUT2D eigenvalue weighted by atomic mass is 19.1. The minimum absolute atomic E-state index is 0.0898. The normalized spacial score (nSPS) is 35.0. The first-order chi connectivity index (χ1) is 9.61. The van der Waals surface area contributed by atoms with Crippen molar-refractivity contribution in [1.29, 1.82) is 0 Å². The first kappa shape index (κ1) is 13.4. The minimum Gasteiger partial charge on any atom is -0.445 e. The van der Waals surface area contributed by atoms with Crippen LogP contribution in [-0.4, -0.2) is 30.9 Å². The molecule has 2 fully saturated rings. The van der Waals surface area contributed by atoms with E-state index in [9.17, 15) is 9.18 Å². The number of benzene rings is 1. The lowest BCUT2D eigenvalue weighted by atomic mass is 10.0. The molecular formula is C15H19FN2O2. The van der Waals surface area contributed by atoms with Crippen LogP contribution in [0, 0.1) is 11.8 Å². The predicted octanol–water partition coefficient (Wildman–Crippen LogP) is 1.86. The molecule has 3 rings (SSSR count). The van der Waals surface area contributed by atoms with E-state index >= 15 is 0 Å². The summed E-state index contributed by atoms with van der Waals surface area (Å²) in [6.07, 6.45) is -0.544. The molecule has 1 amide bonds. The van der Waals surface area contributed by atoms with Crippen LogP contribution in [0.3, 0.4) is 0 Å². The van der Waals surface area contributed by atoms with E-state index in [2.05, 4.69) is 10.6 Å². The molecule has 1 heterocycles. The van der Waals surface area contributed by atoms with Crippen LogP contribution in [0.1, 0.15) is 12.5 Å². The van der Waals surface area contributed by atoms with Crippen molar-refractivity contribution < 1.29 is 13.9 Å². The van der Waals surface area contributed by atoms with Crippen molar-refractivity contribution in [2.24, 2.45) is 11.8 Å². The number of piperidine rings is 1. The molecule has 1 aliphatic heterocycles.